The Labute approximate surface area is 125 Å². The third-order valence-electron chi connectivity index (χ3n) is 3.50. The highest BCUT2D eigenvalue weighted by Gasteiger charge is 2.22. The molecule has 1 aliphatic rings. The lowest BCUT2D eigenvalue weighted by molar-refractivity contribution is 0.547. The second-order valence-electron chi connectivity index (χ2n) is 5.20. The van der Waals surface area contributed by atoms with E-state index in [9.17, 15) is 13.2 Å². The monoisotopic (exact) mass is 311 g/mol. The zero-order valence-electron chi connectivity index (χ0n) is 11.1. The molecule has 0 aliphatic heterocycles. The predicted octanol–water partition coefficient (Wildman–Crippen LogP) is 4.68. The molecule has 0 atom stereocenters. The van der Waals surface area contributed by atoms with Gasteiger partial charge in [0.2, 0.25) is 0 Å². The summed E-state index contributed by atoms with van der Waals surface area (Å²) < 4.78 is 40.9. The van der Waals surface area contributed by atoms with E-state index in [1.807, 2.05) is 0 Å². The molecule has 0 heterocycles. The molecule has 21 heavy (non-hydrogen) atoms. The average Bonchev–Trinajstić information content (AvgIpc) is 3.21. The van der Waals surface area contributed by atoms with Crippen LogP contribution in [0.3, 0.4) is 0 Å². The maximum absolute atomic E-state index is 14.0. The smallest absolute Gasteiger partial charge is 0.136 e. The van der Waals surface area contributed by atoms with Gasteiger partial charge in [0, 0.05) is 29.7 Å². The van der Waals surface area contributed by atoms with Crippen LogP contribution in [0, 0.1) is 17.5 Å². The highest BCUT2D eigenvalue weighted by molar-refractivity contribution is 6.30. The van der Waals surface area contributed by atoms with Gasteiger partial charge in [-0.25, -0.2) is 13.2 Å². The molecule has 3 rings (SSSR count). The normalized spacial score (nSPS) is 14.5. The zero-order chi connectivity index (χ0) is 15.0. The third-order valence-corrected chi connectivity index (χ3v) is 3.74. The maximum Gasteiger partial charge on any atom is 0.136 e. The van der Waals surface area contributed by atoms with Gasteiger partial charge in [0.15, 0.2) is 0 Å². The quantitative estimate of drug-likeness (QED) is 0.864. The van der Waals surface area contributed by atoms with E-state index >= 15 is 0 Å². The van der Waals surface area contributed by atoms with Gasteiger partial charge in [-0.2, -0.15) is 0 Å². The molecule has 1 aliphatic carbocycles. The van der Waals surface area contributed by atoms with Gasteiger partial charge < -0.3 is 5.32 Å². The van der Waals surface area contributed by atoms with Crippen LogP contribution in [-0.2, 0) is 6.54 Å². The average molecular weight is 312 g/mol. The van der Waals surface area contributed by atoms with Crippen molar-refractivity contribution in [2.75, 3.05) is 0 Å². The molecule has 1 N–H and O–H groups in total. The lowest BCUT2D eigenvalue weighted by atomic mass is 9.98. The van der Waals surface area contributed by atoms with Gasteiger partial charge in [0.1, 0.15) is 17.5 Å². The second-order valence-corrected chi connectivity index (χ2v) is 5.64. The van der Waals surface area contributed by atoms with Crippen LogP contribution in [0.1, 0.15) is 18.4 Å². The fourth-order valence-electron chi connectivity index (χ4n) is 2.29. The largest absolute Gasteiger partial charge is 0.310 e. The van der Waals surface area contributed by atoms with Crippen LogP contribution >= 0.6 is 11.6 Å². The summed E-state index contributed by atoms with van der Waals surface area (Å²) in [4.78, 5) is 0. The maximum atomic E-state index is 14.0. The molecule has 5 heteroatoms. The van der Waals surface area contributed by atoms with Crippen molar-refractivity contribution in [2.45, 2.75) is 25.4 Å². The number of rotatable bonds is 4. The topological polar surface area (TPSA) is 12.0 Å². The Hall–Kier alpha value is -1.52. The van der Waals surface area contributed by atoms with Crippen molar-refractivity contribution >= 4 is 11.6 Å². The van der Waals surface area contributed by atoms with Crippen LogP contribution in [0.4, 0.5) is 13.2 Å². The molecular formula is C16H13ClF3N. The first kappa shape index (κ1) is 14.4. The standard InChI is InChI=1S/C16H13ClF3N/c17-10-1-4-13(9(5-10)8-21-12-2-3-12)16-14(19)6-11(18)7-15(16)20/h1,4-7,12,21H,2-3,8H2. The van der Waals surface area contributed by atoms with Crippen LogP contribution in [0.2, 0.25) is 5.02 Å². The van der Waals surface area contributed by atoms with Crippen LogP contribution < -0.4 is 5.32 Å². The van der Waals surface area contributed by atoms with Gasteiger partial charge in [0.25, 0.3) is 0 Å². The van der Waals surface area contributed by atoms with E-state index in [-0.39, 0.29) is 5.56 Å². The highest BCUT2D eigenvalue weighted by atomic mass is 35.5. The van der Waals surface area contributed by atoms with Crippen LogP contribution in [-0.4, -0.2) is 6.04 Å². The van der Waals surface area contributed by atoms with Crippen LogP contribution in [0.25, 0.3) is 11.1 Å². The van der Waals surface area contributed by atoms with Gasteiger partial charge in [-0.1, -0.05) is 17.7 Å². The van der Waals surface area contributed by atoms with E-state index in [2.05, 4.69) is 5.32 Å². The van der Waals surface area contributed by atoms with Crippen molar-refractivity contribution in [3.05, 3.63) is 58.4 Å². The summed E-state index contributed by atoms with van der Waals surface area (Å²) in [5, 5.41) is 3.78. The fraction of sp³-hybridized carbons (Fsp3) is 0.250. The van der Waals surface area contributed by atoms with Gasteiger partial charge in [-0.15, -0.1) is 0 Å². The zero-order valence-corrected chi connectivity index (χ0v) is 11.9. The molecule has 0 aromatic heterocycles. The number of hydrogen-bond acceptors (Lipinski definition) is 1. The van der Waals surface area contributed by atoms with Gasteiger partial charge in [0.05, 0.1) is 5.56 Å². The summed E-state index contributed by atoms with van der Waals surface area (Å²) in [5.41, 5.74) is 0.863. The molecular weight excluding hydrogens is 299 g/mol. The van der Waals surface area contributed by atoms with Gasteiger partial charge in [-0.05, 0) is 36.1 Å². The van der Waals surface area contributed by atoms with Gasteiger partial charge in [-0.3, -0.25) is 0 Å². The van der Waals surface area contributed by atoms with Crippen molar-refractivity contribution in [3.8, 4) is 11.1 Å². The third kappa shape index (κ3) is 3.22. The van der Waals surface area contributed by atoms with Crippen LogP contribution in [0.15, 0.2) is 30.3 Å². The lowest BCUT2D eigenvalue weighted by Crippen LogP contribution is -2.16. The molecule has 0 bridgehead atoms. The summed E-state index contributed by atoms with van der Waals surface area (Å²) in [7, 11) is 0. The fourth-order valence-corrected chi connectivity index (χ4v) is 2.49. The molecule has 0 amide bonds. The number of benzene rings is 2. The van der Waals surface area contributed by atoms with E-state index in [1.54, 1.807) is 18.2 Å². The molecule has 0 saturated heterocycles. The molecule has 110 valence electrons. The first-order valence-corrected chi connectivity index (χ1v) is 7.09. The minimum Gasteiger partial charge on any atom is -0.310 e. The molecule has 2 aromatic carbocycles. The number of nitrogens with one attached hydrogen (secondary N) is 1. The molecule has 0 radical (unpaired) electrons. The Morgan fingerprint density at radius 3 is 2.33 bits per heavy atom. The van der Waals surface area contributed by atoms with E-state index in [0.29, 0.717) is 40.9 Å². The van der Waals surface area contributed by atoms with E-state index in [0.717, 1.165) is 12.8 Å². The summed E-state index contributed by atoms with van der Waals surface area (Å²) in [6.45, 7) is 0.469. The van der Waals surface area contributed by atoms with Crippen molar-refractivity contribution in [3.63, 3.8) is 0 Å². The van der Waals surface area contributed by atoms with E-state index < -0.39 is 17.5 Å². The lowest BCUT2D eigenvalue weighted by Gasteiger charge is -2.13. The molecule has 0 spiro atoms. The Morgan fingerprint density at radius 2 is 1.71 bits per heavy atom. The Kier molecular flexibility index (Phi) is 3.91. The van der Waals surface area contributed by atoms with Crippen molar-refractivity contribution < 1.29 is 13.2 Å². The Balaban J connectivity index is 2.04. The molecule has 1 fully saturated rings. The Morgan fingerprint density at radius 1 is 1.05 bits per heavy atom. The summed E-state index contributed by atoms with van der Waals surface area (Å²) in [6.07, 6.45) is 2.21. The molecule has 0 unspecified atom stereocenters. The predicted molar refractivity (Wildman–Crippen MR) is 76.6 cm³/mol. The Bertz CT molecular complexity index is 660. The van der Waals surface area contributed by atoms with Gasteiger partial charge >= 0.3 is 0 Å². The van der Waals surface area contributed by atoms with Crippen molar-refractivity contribution in [1.29, 1.82) is 0 Å². The summed E-state index contributed by atoms with van der Waals surface area (Å²) >= 11 is 5.96. The minimum atomic E-state index is -0.930. The molecule has 2 aromatic rings. The first-order valence-electron chi connectivity index (χ1n) is 6.71. The SMILES string of the molecule is Fc1cc(F)c(-c2ccc(Cl)cc2CNC2CC2)c(F)c1. The first-order chi connectivity index (χ1) is 10.0. The van der Waals surface area contributed by atoms with Crippen molar-refractivity contribution in [1.82, 2.24) is 5.32 Å². The van der Waals surface area contributed by atoms with Crippen molar-refractivity contribution in [2.24, 2.45) is 0 Å². The van der Waals surface area contributed by atoms with E-state index in [4.69, 9.17) is 11.6 Å². The van der Waals surface area contributed by atoms with Crippen LogP contribution in [0.5, 0.6) is 0 Å². The summed E-state index contributed by atoms with van der Waals surface area (Å²) in [6, 6.07) is 6.63. The highest BCUT2D eigenvalue weighted by Crippen LogP contribution is 2.32. The number of halogens is 4. The second kappa shape index (κ2) is 5.70. The molecule has 1 saturated carbocycles. The molecule has 1 nitrogen and oxygen atoms in total. The van der Waals surface area contributed by atoms with E-state index in [1.165, 1.54) is 0 Å². The minimum absolute atomic E-state index is 0.222. The number of hydrogen-bond donors (Lipinski definition) is 1. The summed E-state index contributed by atoms with van der Waals surface area (Å²) in [5.74, 6) is -2.76.